The number of aromatic nitrogens is 1. The van der Waals surface area contributed by atoms with Gasteiger partial charge in [-0.25, -0.2) is 15.2 Å². The molecule has 3 nitrogen and oxygen atoms in total. The highest BCUT2D eigenvalue weighted by atomic mass is 19.1. The minimum atomic E-state index is -0.240. The number of rotatable bonds is 3. The predicted molar refractivity (Wildman–Crippen MR) is 68.2 cm³/mol. The number of benzene rings is 1. The number of pyridine rings is 1. The van der Waals surface area contributed by atoms with E-state index < -0.39 is 0 Å². The first-order valence-corrected chi connectivity index (χ1v) is 5.72. The van der Waals surface area contributed by atoms with Gasteiger partial charge in [-0.2, -0.15) is 0 Å². The fourth-order valence-electron chi connectivity index (χ4n) is 1.99. The van der Waals surface area contributed by atoms with Crippen LogP contribution in [-0.2, 0) is 6.42 Å². The third kappa shape index (κ3) is 2.08. The lowest BCUT2D eigenvalue weighted by atomic mass is 10.1. The van der Waals surface area contributed by atoms with E-state index in [1.165, 1.54) is 6.07 Å². The Morgan fingerprint density at radius 1 is 1.41 bits per heavy atom. The molecule has 1 aromatic heterocycles. The highest BCUT2D eigenvalue weighted by Gasteiger charge is 2.09. The highest BCUT2D eigenvalue weighted by molar-refractivity contribution is 5.84. The second kappa shape index (κ2) is 4.67. The number of hydrogen-bond acceptors (Lipinski definition) is 3. The average molecular weight is 233 g/mol. The summed E-state index contributed by atoms with van der Waals surface area (Å²) in [5.41, 5.74) is 4.87. The SMILES string of the molecule is CCCc1cc2ccc(F)c(C)c2nc1NN. The summed E-state index contributed by atoms with van der Waals surface area (Å²) in [4.78, 5) is 4.40. The third-order valence-electron chi connectivity index (χ3n) is 2.91. The lowest BCUT2D eigenvalue weighted by Gasteiger charge is -2.10. The zero-order chi connectivity index (χ0) is 12.4. The van der Waals surface area contributed by atoms with Crippen LogP contribution in [0.25, 0.3) is 10.9 Å². The molecule has 0 bridgehead atoms. The van der Waals surface area contributed by atoms with Crippen molar-refractivity contribution in [2.75, 3.05) is 5.43 Å². The van der Waals surface area contributed by atoms with Crippen LogP contribution < -0.4 is 11.3 Å². The van der Waals surface area contributed by atoms with Gasteiger partial charge in [0.05, 0.1) is 5.52 Å². The Hall–Kier alpha value is -1.68. The van der Waals surface area contributed by atoms with E-state index in [1.54, 1.807) is 13.0 Å². The van der Waals surface area contributed by atoms with Gasteiger partial charge in [-0.15, -0.1) is 0 Å². The van der Waals surface area contributed by atoms with Crippen LogP contribution in [0.5, 0.6) is 0 Å². The van der Waals surface area contributed by atoms with E-state index >= 15 is 0 Å². The molecule has 0 saturated carbocycles. The molecule has 90 valence electrons. The quantitative estimate of drug-likeness (QED) is 0.633. The molecule has 0 aliphatic carbocycles. The summed E-state index contributed by atoms with van der Waals surface area (Å²) >= 11 is 0. The van der Waals surface area contributed by atoms with Gasteiger partial charge >= 0.3 is 0 Å². The fraction of sp³-hybridized carbons (Fsp3) is 0.308. The van der Waals surface area contributed by atoms with E-state index in [1.807, 2.05) is 6.07 Å². The molecule has 2 rings (SSSR count). The molecule has 3 N–H and O–H groups in total. The van der Waals surface area contributed by atoms with Crippen LogP contribution in [0.2, 0.25) is 0 Å². The molecule has 0 saturated heterocycles. The normalized spacial score (nSPS) is 10.8. The molecule has 0 unspecified atom stereocenters. The maximum atomic E-state index is 13.4. The predicted octanol–water partition coefficient (Wildman–Crippen LogP) is 2.92. The Bertz CT molecular complexity index is 552. The van der Waals surface area contributed by atoms with Crippen LogP contribution >= 0.6 is 0 Å². The summed E-state index contributed by atoms with van der Waals surface area (Å²) in [6, 6.07) is 5.25. The summed E-state index contributed by atoms with van der Waals surface area (Å²) in [5.74, 6) is 5.85. The van der Waals surface area contributed by atoms with Crippen molar-refractivity contribution in [3.8, 4) is 0 Å². The zero-order valence-corrected chi connectivity index (χ0v) is 10.0. The molecular weight excluding hydrogens is 217 g/mol. The van der Waals surface area contributed by atoms with Crippen molar-refractivity contribution in [3.63, 3.8) is 0 Å². The van der Waals surface area contributed by atoms with Crippen molar-refractivity contribution in [3.05, 3.63) is 35.1 Å². The molecule has 0 radical (unpaired) electrons. The van der Waals surface area contributed by atoms with E-state index in [0.717, 1.165) is 23.8 Å². The van der Waals surface area contributed by atoms with Gasteiger partial charge in [0.1, 0.15) is 11.6 Å². The standard InChI is InChI=1S/C13H16FN3/c1-3-4-10-7-9-5-6-11(14)8(2)12(9)16-13(10)17-15/h5-7H,3-4,15H2,1-2H3,(H,16,17). The topological polar surface area (TPSA) is 50.9 Å². The monoisotopic (exact) mass is 233 g/mol. The van der Waals surface area contributed by atoms with Crippen molar-refractivity contribution in [2.45, 2.75) is 26.7 Å². The van der Waals surface area contributed by atoms with E-state index in [2.05, 4.69) is 17.3 Å². The van der Waals surface area contributed by atoms with Crippen molar-refractivity contribution in [2.24, 2.45) is 5.84 Å². The van der Waals surface area contributed by atoms with E-state index in [9.17, 15) is 4.39 Å². The molecule has 4 heteroatoms. The van der Waals surface area contributed by atoms with E-state index in [4.69, 9.17) is 5.84 Å². The van der Waals surface area contributed by atoms with Crippen molar-refractivity contribution in [1.29, 1.82) is 0 Å². The molecule has 0 aliphatic heterocycles. The molecule has 17 heavy (non-hydrogen) atoms. The third-order valence-corrected chi connectivity index (χ3v) is 2.91. The van der Waals surface area contributed by atoms with Gasteiger partial charge in [-0.3, -0.25) is 0 Å². The molecule has 0 aliphatic rings. The smallest absolute Gasteiger partial charge is 0.143 e. The summed E-state index contributed by atoms with van der Waals surface area (Å²) in [6.07, 6.45) is 1.92. The second-order valence-electron chi connectivity index (χ2n) is 4.13. The summed E-state index contributed by atoms with van der Waals surface area (Å²) in [5, 5.41) is 0.950. The van der Waals surface area contributed by atoms with Crippen molar-refractivity contribution >= 4 is 16.7 Å². The number of hydrazine groups is 1. The summed E-state index contributed by atoms with van der Waals surface area (Å²) in [6.45, 7) is 3.82. The fourth-order valence-corrected chi connectivity index (χ4v) is 1.99. The number of fused-ring (bicyclic) bond motifs is 1. The minimum absolute atomic E-state index is 0.240. The first-order valence-electron chi connectivity index (χ1n) is 5.72. The minimum Gasteiger partial charge on any atom is -0.308 e. The van der Waals surface area contributed by atoms with Gasteiger partial charge in [0.15, 0.2) is 0 Å². The Morgan fingerprint density at radius 3 is 2.82 bits per heavy atom. The molecule has 0 atom stereocenters. The number of halogens is 1. The first-order chi connectivity index (χ1) is 8.17. The van der Waals surface area contributed by atoms with Gasteiger partial charge in [-0.05, 0) is 37.1 Å². The molecular formula is C13H16FN3. The Kier molecular flexibility index (Phi) is 3.24. The molecule has 2 aromatic rings. The molecule has 0 amide bonds. The Morgan fingerprint density at radius 2 is 2.18 bits per heavy atom. The first kappa shape index (κ1) is 11.8. The lowest BCUT2D eigenvalue weighted by Crippen LogP contribution is -2.11. The largest absolute Gasteiger partial charge is 0.308 e. The summed E-state index contributed by atoms with van der Waals surface area (Å²) in [7, 11) is 0. The molecule has 0 fully saturated rings. The van der Waals surface area contributed by atoms with Crippen molar-refractivity contribution in [1.82, 2.24) is 4.98 Å². The molecule has 0 spiro atoms. The lowest BCUT2D eigenvalue weighted by molar-refractivity contribution is 0.620. The maximum Gasteiger partial charge on any atom is 0.143 e. The number of aryl methyl sites for hydroxylation is 2. The van der Waals surface area contributed by atoms with Crippen LogP contribution in [-0.4, -0.2) is 4.98 Å². The average Bonchev–Trinajstić information content (AvgIpc) is 2.34. The Balaban J connectivity index is 2.69. The van der Waals surface area contributed by atoms with Crippen LogP contribution in [0.3, 0.4) is 0 Å². The highest BCUT2D eigenvalue weighted by Crippen LogP contribution is 2.24. The number of nitrogens with one attached hydrogen (secondary N) is 1. The molecule has 1 aromatic carbocycles. The number of hydrogen-bond donors (Lipinski definition) is 2. The van der Waals surface area contributed by atoms with Gasteiger partial charge in [0, 0.05) is 10.9 Å². The molecule has 1 heterocycles. The summed E-state index contributed by atoms with van der Waals surface area (Å²) < 4.78 is 13.4. The van der Waals surface area contributed by atoms with E-state index in [0.29, 0.717) is 16.9 Å². The van der Waals surface area contributed by atoms with Gasteiger partial charge < -0.3 is 5.43 Å². The van der Waals surface area contributed by atoms with Crippen LogP contribution in [0, 0.1) is 12.7 Å². The van der Waals surface area contributed by atoms with Gasteiger partial charge in [-0.1, -0.05) is 13.3 Å². The van der Waals surface area contributed by atoms with Crippen LogP contribution in [0.15, 0.2) is 18.2 Å². The van der Waals surface area contributed by atoms with E-state index in [-0.39, 0.29) is 5.82 Å². The number of anilines is 1. The van der Waals surface area contributed by atoms with Crippen LogP contribution in [0.4, 0.5) is 10.2 Å². The second-order valence-corrected chi connectivity index (χ2v) is 4.13. The number of nitrogens with zero attached hydrogens (tertiary/aromatic N) is 1. The van der Waals surface area contributed by atoms with Crippen molar-refractivity contribution < 1.29 is 4.39 Å². The van der Waals surface area contributed by atoms with Crippen LogP contribution in [0.1, 0.15) is 24.5 Å². The number of nitrogens with two attached hydrogens (primary N) is 1. The maximum absolute atomic E-state index is 13.4. The van der Waals surface area contributed by atoms with Gasteiger partial charge in [0.25, 0.3) is 0 Å². The number of nitrogen functional groups attached to an aromatic ring is 1. The Labute approximate surface area is 99.8 Å². The van der Waals surface area contributed by atoms with Gasteiger partial charge in [0.2, 0.25) is 0 Å². The zero-order valence-electron chi connectivity index (χ0n) is 10.0.